The van der Waals surface area contributed by atoms with E-state index in [0.717, 1.165) is 16.1 Å². The molecule has 0 aliphatic heterocycles. The second-order valence-electron chi connectivity index (χ2n) is 9.09. The lowest BCUT2D eigenvalue weighted by atomic mass is 10.0. The smallest absolute Gasteiger partial charge is 0.419 e. The van der Waals surface area contributed by atoms with Gasteiger partial charge in [0.05, 0.1) is 36.0 Å². The van der Waals surface area contributed by atoms with Crippen molar-refractivity contribution < 1.29 is 31.1 Å². The molecule has 0 saturated carbocycles. The SMILES string of the molecule is COc1cc(NC(C)=O)c(C)cc1Nc1ncc(C(F)(F)F)c(CCc2ccc(C)cc2N(C)S(C)(=O)=O)n1. The number of ether oxygens (including phenoxy) is 1. The molecule has 0 fully saturated rings. The molecule has 1 heterocycles. The summed E-state index contributed by atoms with van der Waals surface area (Å²) >= 11 is 0. The summed E-state index contributed by atoms with van der Waals surface area (Å²) in [7, 11) is -0.776. The number of halogens is 3. The predicted molar refractivity (Wildman–Crippen MR) is 144 cm³/mol. The fraction of sp³-hybridized carbons (Fsp3) is 0.346. The summed E-state index contributed by atoms with van der Waals surface area (Å²) in [6, 6.07) is 8.38. The van der Waals surface area contributed by atoms with Gasteiger partial charge >= 0.3 is 6.18 Å². The van der Waals surface area contributed by atoms with Gasteiger partial charge in [-0.3, -0.25) is 9.10 Å². The van der Waals surface area contributed by atoms with Crippen molar-refractivity contribution in [2.45, 2.75) is 39.8 Å². The third-order valence-corrected chi connectivity index (χ3v) is 7.18. The van der Waals surface area contributed by atoms with Crippen LogP contribution in [0.2, 0.25) is 0 Å². The van der Waals surface area contributed by atoms with Crippen molar-refractivity contribution in [1.29, 1.82) is 0 Å². The Hall–Kier alpha value is -3.87. The zero-order valence-corrected chi connectivity index (χ0v) is 23.2. The molecule has 2 N–H and O–H groups in total. The van der Waals surface area contributed by atoms with E-state index in [9.17, 15) is 26.4 Å². The van der Waals surface area contributed by atoms with Crippen LogP contribution in [0.5, 0.6) is 5.75 Å². The molecule has 9 nitrogen and oxygen atoms in total. The highest BCUT2D eigenvalue weighted by Crippen LogP contribution is 2.35. The summed E-state index contributed by atoms with van der Waals surface area (Å²) in [5.41, 5.74) is 2.11. The highest BCUT2D eigenvalue weighted by Gasteiger charge is 2.35. The Labute approximate surface area is 225 Å². The number of hydrogen-bond donors (Lipinski definition) is 2. The summed E-state index contributed by atoms with van der Waals surface area (Å²) in [6.07, 6.45) is -2.95. The number of aromatic nitrogens is 2. The van der Waals surface area contributed by atoms with Crippen molar-refractivity contribution in [3.05, 3.63) is 64.5 Å². The van der Waals surface area contributed by atoms with Crippen LogP contribution in [0.25, 0.3) is 0 Å². The third kappa shape index (κ3) is 7.37. The Morgan fingerprint density at radius 1 is 1.10 bits per heavy atom. The van der Waals surface area contributed by atoms with Gasteiger partial charge in [-0.1, -0.05) is 12.1 Å². The van der Waals surface area contributed by atoms with E-state index in [2.05, 4.69) is 20.6 Å². The summed E-state index contributed by atoms with van der Waals surface area (Å²) in [6.45, 7) is 4.92. The van der Waals surface area contributed by atoms with Gasteiger partial charge in [0.25, 0.3) is 0 Å². The average Bonchev–Trinajstić information content (AvgIpc) is 2.83. The highest BCUT2D eigenvalue weighted by atomic mass is 32.2. The molecule has 0 aliphatic carbocycles. The van der Waals surface area contributed by atoms with E-state index < -0.39 is 21.8 Å². The minimum atomic E-state index is -4.69. The minimum Gasteiger partial charge on any atom is -0.494 e. The van der Waals surface area contributed by atoms with Crippen LogP contribution < -0.4 is 19.7 Å². The van der Waals surface area contributed by atoms with E-state index in [1.165, 1.54) is 21.1 Å². The van der Waals surface area contributed by atoms with Crippen LogP contribution in [0.3, 0.4) is 0 Å². The molecule has 0 atom stereocenters. The van der Waals surface area contributed by atoms with Crippen molar-refractivity contribution in [3.63, 3.8) is 0 Å². The summed E-state index contributed by atoms with van der Waals surface area (Å²) < 4.78 is 72.2. The lowest BCUT2D eigenvalue weighted by Crippen LogP contribution is -2.26. The second kappa shape index (κ2) is 11.5. The lowest BCUT2D eigenvalue weighted by Gasteiger charge is -2.21. The first-order valence-electron chi connectivity index (χ1n) is 11.8. The Morgan fingerprint density at radius 2 is 1.79 bits per heavy atom. The molecule has 0 bridgehead atoms. The number of alkyl halides is 3. The maximum Gasteiger partial charge on any atom is 0.419 e. The number of carbonyl (C=O) groups is 1. The predicted octanol–water partition coefficient (Wildman–Crippen LogP) is 5.00. The third-order valence-electron chi connectivity index (χ3n) is 5.99. The molecule has 0 saturated heterocycles. The highest BCUT2D eigenvalue weighted by molar-refractivity contribution is 7.92. The molecule has 3 rings (SSSR count). The van der Waals surface area contributed by atoms with E-state index in [4.69, 9.17) is 4.74 Å². The molecule has 39 heavy (non-hydrogen) atoms. The maximum absolute atomic E-state index is 13.8. The van der Waals surface area contributed by atoms with E-state index >= 15 is 0 Å². The summed E-state index contributed by atoms with van der Waals surface area (Å²) in [5.74, 6) is -0.0288. The number of carbonyl (C=O) groups excluding carboxylic acids is 1. The topological polar surface area (TPSA) is 114 Å². The monoisotopic (exact) mass is 565 g/mol. The standard InChI is InChI=1S/C26H30F3N5O4S/c1-15-7-8-18(23(11-15)34(4)39(6,36)37)9-10-20-19(26(27,28)29)14-30-25(32-20)33-22-12-16(2)21(31-17(3)35)13-24(22)38-5/h7-8,11-14H,9-10H2,1-6H3,(H,31,35)(H,30,32,33). The van der Waals surface area contributed by atoms with Gasteiger partial charge in [-0.25, -0.2) is 18.4 Å². The zero-order valence-electron chi connectivity index (χ0n) is 22.4. The Balaban J connectivity index is 1.98. The summed E-state index contributed by atoms with van der Waals surface area (Å²) in [4.78, 5) is 19.5. The quantitative estimate of drug-likeness (QED) is 0.375. The fourth-order valence-electron chi connectivity index (χ4n) is 3.91. The molecule has 1 aromatic heterocycles. The number of aryl methyl sites for hydroxylation is 4. The van der Waals surface area contributed by atoms with E-state index in [0.29, 0.717) is 40.1 Å². The van der Waals surface area contributed by atoms with Gasteiger partial charge in [-0.05, 0) is 55.5 Å². The second-order valence-corrected chi connectivity index (χ2v) is 11.1. The van der Waals surface area contributed by atoms with E-state index in [1.54, 1.807) is 44.2 Å². The van der Waals surface area contributed by atoms with Gasteiger partial charge in [0.1, 0.15) is 5.75 Å². The fourth-order valence-corrected chi connectivity index (χ4v) is 4.44. The molecule has 2 aromatic carbocycles. The Morgan fingerprint density at radius 3 is 2.38 bits per heavy atom. The first-order chi connectivity index (χ1) is 18.1. The molecule has 3 aromatic rings. The number of anilines is 4. The molecule has 0 aliphatic rings. The van der Waals surface area contributed by atoms with Crippen molar-refractivity contribution >= 4 is 38.9 Å². The Kier molecular flexibility index (Phi) is 8.74. The number of rotatable bonds is 9. The normalized spacial score (nSPS) is 11.7. The van der Waals surface area contributed by atoms with Gasteiger partial charge in [0, 0.05) is 31.9 Å². The van der Waals surface area contributed by atoms with Crippen LogP contribution in [0.1, 0.15) is 34.9 Å². The number of benzene rings is 2. The molecule has 0 radical (unpaired) electrons. The van der Waals surface area contributed by atoms with Crippen LogP contribution in [0.15, 0.2) is 36.5 Å². The van der Waals surface area contributed by atoms with Gasteiger partial charge in [-0.2, -0.15) is 13.2 Å². The van der Waals surface area contributed by atoms with E-state index in [1.807, 2.05) is 0 Å². The van der Waals surface area contributed by atoms with E-state index in [-0.39, 0.29) is 30.4 Å². The van der Waals surface area contributed by atoms with Gasteiger partial charge in [0.2, 0.25) is 21.9 Å². The van der Waals surface area contributed by atoms with Crippen molar-refractivity contribution in [2.24, 2.45) is 0 Å². The first kappa shape index (κ1) is 29.7. The molecular formula is C26H30F3N5O4S. The molecule has 1 amide bonds. The molecule has 0 spiro atoms. The summed E-state index contributed by atoms with van der Waals surface area (Å²) in [5, 5.41) is 5.59. The van der Waals surface area contributed by atoms with Crippen LogP contribution in [-0.2, 0) is 33.8 Å². The van der Waals surface area contributed by atoms with Crippen LogP contribution in [0, 0.1) is 13.8 Å². The number of sulfonamides is 1. The van der Waals surface area contributed by atoms with Gasteiger partial charge in [-0.15, -0.1) is 0 Å². The number of methoxy groups -OCH3 is 1. The lowest BCUT2D eigenvalue weighted by molar-refractivity contribution is -0.138. The number of nitrogens with zero attached hydrogens (tertiary/aromatic N) is 3. The van der Waals surface area contributed by atoms with Gasteiger partial charge < -0.3 is 15.4 Å². The van der Waals surface area contributed by atoms with Crippen LogP contribution in [0.4, 0.5) is 36.2 Å². The number of nitrogens with one attached hydrogen (secondary N) is 2. The Bertz CT molecular complexity index is 1490. The van der Waals surface area contributed by atoms with Crippen molar-refractivity contribution in [3.8, 4) is 5.75 Å². The molecule has 13 heteroatoms. The minimum absolute atomic E-state index is 0.0830. The zero-order chi connectivity index (χ0) is 29.1. The first-order valence-corrected chi connectivity index (χ1v) is 13.6. The largest absolute Gasteiger partial charge is 0.494 e. The number of amides is 1. The van der Waals surface area contributed by atoms with Crippen LogP contribution >= 0.6 is 0 Å². The molecule has 210 valence electrons. The average molecular weight is 566 g/mol. The van der Waals surface area contributed by atoms with Crippen LogP contribution in [-0.4, -0.2) is 44.7 Å². The number of hydrogen-bond acceptors (Lipinski definition) is 7. The molecule has 0 unspecified atom stereocenters. The van der Waals surface area contributed by atoms with Gasteiger partial charge in [0.15, 0.2) is 0 Å². The molecular weight excluding hydrogens is 535 g/mol. The van der Waals surface area contributed by atoms with Crippen molar-refractivity contribution in [2.75, 3.05) is 35.4 Å². The van der Waals surface area contributed by atoms with Crippen molar-refractivity contribution in [1.82, 2.24) is 9.97 Å². The maximum atomic E-state index is 13.8.